The van der Waals surface area contributed by atoms with Crippen LogP contribution in [0.1, 0.15) is 39.0 Å². The molecule has 0 fully saturated rings. The van der Waals surface area contributed by atoms with Crippen LogP contribution >= 0.6 is 0 Å². The summed E-state index contributed by atoms with van der Waals surface area (Å²) in [7, 11) is 0. The predicted molar refractivity (Wildman–Crippen MR) is 120 cm³/mol. The van der Waals surface area contributed by atoms with Crippen molar-refractivity contribution in [3.8, 4) is 0 Å². The molecule has 0 rings (SSSR count). The maximum atomic E-state index is 12.1. The summed E-state index contributed by atoms with van der Waals surface area (Å²) in [6.45, 7) is 5.49. The van der Waals surface area contributed by atoms with Crippen molar-refractivity contribution in [2.75, 3.05) is 59.3 Å². The lowest BCUT2D eigenvalue weighted by Gasteiger charge is -2.13. The van der Waals surface area contributed by atoms with Crippen molar-refractivity contribution in [1.82, 2.24) is 10.6 Å². The van der Waals surface area contributed by atoms with Crippen LogP contribution in [0.2, 0.25) is 0 Å². The molecule has 0 aliphatic carbocycles. The van der Waals surface area contributed by atoms with Crippen LogP contribution in [0.5, 0.6) is 0 Å². The molecule has 190 valence electrons. The summed E-state index contributed by atoms with van der Waals surface area (Å²) in [5, 5.41) is 17.6. The van der Waals surface area contributed by atoms with Gasteiger partial charge in [0.25, 0.3) is 0 Å². The minimum absolute atomic E-state index is 0.0422. The molecule has 2 atom stereocenters. The molecule has 2 amide bonds. The quantitative estimate of drug-likeness (QED) is 0.0755. The average molecular weight is 475 g/mol. The summed E-state index contributed by atoms with van der Waals surface area (Å²) in [4.78, 5) is 36.9. The number of hydrogen-bond acceptors (Lipinski definition) is 8. The number of aliphatic carboxylic acids is 1. The Hall–Kier alpha value is -2.44. The van der Waals surface area contributed by atoms with E-state index in [-0.39, 0.29) is 30.6 Å². The molecule has 1 unspecified atom stereocenters. The van der Waals surface area contributed by atoms with Gasteiger partial charge in [-0.15, -0.1) is 0 Å². The van der Waals surface area contributed by atoms with Gasteiger partial charge in [0.15, 0.2) is 0 Å². The Balaban J connectivity index is 3.50. The lowest BCUT2D eigenvalue weighted by molar-refractivity contribution is -0.138. The fraction of sp³-hybridized carbons (Fsp3) is 0.850. The van der Waals surface area contributed by atoms with Crippen LogP contribution in [0, 0.1) is 5.92 Å². The highest BCUT2D eigenvalue weighted by Gasteiger charge is 2.14. The second kappa shape index (κ2) is 21.4. The average Bonchev–Trinajstić information content (AvgIpc) is 2.79. The Morgan fingerprint density at radius 3 is 2.24 bits per heavy atom. The number of unbranched alkanes of at least 4 members (excludes halogenated alkanes) is 1. The predicted octanol–water partition coefficient (Wildman–Crippen LogP) is 0.577. The van der Waals surface area contributed by atoms with Crippen molar-refractivity contribution < 1.29 is 33.7 Å². The number of carbonyl (C=O) groups excluding carboxylic acids is 2. The van der Waals surface area contributed by atoms with E-state index < -0.39 is 12.0 Å². The highest BCUT2D eigenvalue weighted by atomic mass is 16.5. The summed E-state index contributed by atoms with van der Waals surface area (Å²) in [5.41, 5.74) is 13.5. The second-order valence-corrected chi connectivity index (χ2v) is 7.31. The first-order valence-corrected chi connectivity index (χ1v) is 11.1. The number of amides is 2. The fourth-order valence-electron chi connectivity index (χ4n) is 2.55. The molecule has 0 radical (unpaired) electrons. The van der Waals surface area contributed by atoms with Crippen LogP contribution in [-0.2, 0) is 28.6 Å². The molecule has 0 aromatic carbocycles. The maximum absolute atomic E-state index is 12.1. The van der Waals surface area contributed by atoms with Crippen molar-refractivity contribution in [3.63, 3.8) is 0 Å². The van der Waals surface area contributed by atoms with E-state index in [0.29, 0.717) is 65.7 Å². The maximum Gasteiger partial charge on any atom is 0.320 e. The third-order valence-corrected chi connectivity index (χ3v) is 4.52. The molecule has 5 N–H and O–H groups in total. The summed E-state index contributed by atoms with van der Waals surface area (Å²) in [5.74, 6) is -1.52. The minimum Gasteiger partial charge on any atom is -0.480 e. The van der Waals surface area contributed by atoms with E-state index in [1.807, 2.05) is 6.92 Å². The number of azide groups is 1. The SMILES string of the molecule is CC(CCCCNC(=O)CC[C@H](N)C(=O)O)C(=O)NCCOCCOCCOCCN=[N+]=[N-]. The fourth-order valence-corrected chi connectivity index (χ4v) is 2.55. The van der Waals surface area contributed by atoms with Gasteiger partial charge >= 0.3 is 5.97 Å². The van der Waals surface area contributed by atoms with Crippen molar-refractivity contribution in [2.24, 2.45) is 16.8 Å². The Morgan fingerprint density at radius 2 is 1.61 bits per heavy atom. The van der Waals surface area contributed by atoms with Gasteiger partial charge in [0.05, 0.1) is 39.6 Å². The molecule has 0 aliphatic heterocycles. The molecule has 0 aromatic rings. The largest absolute Gasteiger partial charge is 0.480 e. The minimum atomic E-state index is -1.12. The number of carboxylic acids is 1. The first kappa shape index (κ1) is 30.6. The van der Waals surface area contributed by atoms with E-state index in [1.54, 1.807) is 0 Å². The normalized spacial score (nSPS) is 12.4. The Bertz CT molecular complexity index is 601. The van der Waals surface area contributed by atoms with Crippen molar-refractivity contribution >= 4 is 17.8 Å². The first-order valence-electron chi connectivity index (χ1n) is 11.1. The van der Waals surface area contributed by atoms with Gasteiger partial charge in [-0.25, -0.2) is 0 Å². The van der Waals surface area contributed by atoms with Crippen LogP contribution in [0.25, 0.3) is 10.4 Å². The van der Waals surface area contributed by atoms with Gasteiger partial charge in [0, 0.05) is 36.9 Å². The number of hydrogen-bond donors (Lipinski definition) is 4. The first-order chi connectivity index (χ1) is 15.9. The molecule has 0 bridgehead atoms. The molecule has 33 heavy (non-hydrogen) atoms. The summed E-state index contributed by atoms with van der Waals surface area (Å²) in [6.07, 6.45) is 2.40. The Kier molecular flexibility index (Phi) is 19.8. The van der Waals surface area contributed by atoms with Crippen molar-refractivity contribution in [3.05, 3.63) is 10.4 Å². The molecule has 13 heteroatoms. The van der Waals surface area contributed by atoms with Gasteiger partial charge in [-0.1, -0.05) is 18.5 Å². The zero-order valence-corrected chi connectivity index (χ0v) is 19.4. The highest BCUT2D eigenvalue weighted by Crippen LogP contribution is 2.07. The van der Waals surface area contributed by atoms with E-state index in [1.165, 1.54) is 0 Å². The van der Waals surface area contributed by atoms with Crippen LogP contribution in [0.3, 0.4) is 0 Å². The zero-order chi connectivity index (χ0) is 24.7. The van der Waals surface area contributed by atoms with E-state index >= 15 is 0 Å². The van der Waals surface area contributed by atoms with E-state index in [0.717, 1.165) is 12.8 Å². The Labute approximate surface area is 194 Å². The van der Waals surface area contributed by atoms with Gasteiger partial charge in [-0.2, -0.15) is 0 Å². The number of ether oxygens (including phenoxy) is 3. The molecule has 0 aromatic heterocycles. The van der Waals surface area contributed by atoms with Gasteiger partial charge in [-0.05, 0) is 24.8 Å². The monoisotopic (exact) mass is 474 g/mol. The number of rotatable bonds is 22. The number of nitrogens with one attached hydrogen (secondary N) is 2. The Morgan fingerprint density at radius 1 is 0.970 bits per heavy atom. The molecular formula is C20H38N6O7. The van der Waals surface area contributed by atoms with Crippen molar-refractivity contribution in [2.45, 2.75) is 45.1 Å². The molecule has 13 nitrogen and oxygen atoms in total. The molecule has 0 aliphatic rings. The van der Waals surface area contributed by atoms with Gasteiger partial charge in [-0.3, -0.25) is 14.4 Å². The molecule has 0 saturated heterocycles. The van der Waals surface area contributed by atoms with E-state index in [2.05, 4.69) is 20.7 Å². The van der Waals surface area contributed by atoms with E-state index in [4.69, 9.17) is 30.6 Å². The molecular weight excluding hydrogens is 436 g/mol. The standard InChI is InChI=1S/C20H38N6O7/c1-16(4-2-3-7-23-18(27)6-5-17(21)20(29)30)19(28)24-8-10-31-12-14-33-15-13-32-11-9-25-26-22/h16-17H,2-15,21H2,1H3,(H,23,27)(H,24,28)(H,29,30)/t16?,17-/m0/s1. The van der Waals surface area contributed by atoms with Gasteiger partial charge < -0.3 is 35.7 Å². The molecule has 0 saturated carbocycles. The zero-order valence-electron chi connectivity index (χ0n) is 19.4. The van der Waals surface area contributed by atoms with Gasteiger partial charge in [0.2, 0.25) is 11.8 Å². The summed E-state index contributed by atoms with van der Waals surface area (Å²) < 4.78 is 15.9. The lowest BCUT2D eigenvalue weighted by Crippen LogP contribution is -2.33. The molecule has 0 heterocycles. The number of carboxylic acid groups (broad SMARTS) is 1. The van der Waals surface area contributed by atoms with Crippen LogP contribution in [-0.4, -0.2) is 88.2 Å². The number of nitrogens with zero attached hydrogens (tertiary/aromatic N) is 3. The van der Waals surface area contributed by atoms with Crippen LogP contribution in [0.4, 0.5) is 0 Å². The highest BCUT2D eigenvalue weighted by molar-refractivity contribution is 5.78. The third kappa shape index (κ3) is 19.9. The van der Waals surface area contributed by atoms with Crippen molar-refractivity contribution in [1.29, 1.82) is 0 Å². The van der Waals surface area contributed by atoms with Crippen LogP contribution < -0.4 is 16.4 Å². The topological polar surface area (TPSA) is 198 Å². The van der Waals surface area contributed by atoms with Crippen LogP contribution in [0.15, 0.2) is 5.11 Å². The van der Waals surface area contributed by atoms with Gasteiger partial charge in [0.1, 0.15) is 6.04 Å². The number of carbonyl (C=O) groups is 3. The lowest BCUT2D eigenvalue weighted by atomic mass is 10.0. The molecule has 0 spiro atoms. The third-order valence-electron chi connectivity index (χ3n) is 4.52. The second-order valence-electron chi connectivity index (χ2n) is 7.31. The summed E-state index contributed by atoms with van der Waals surface area (Å²) in [6, 6.07) is -1.03. The van der Waals surface area contributed by atoms with E-state index in [9.17, 15) is 14.4 Å². The smallest absolute Gasteiger partial charge is 0.320 e. The summed E-state index contributed by atoms with van der Waals surface area (Å²) >= 11 is 0. The number of nitrogens with two attached hydrogens (primary N) is 1.